The molecular weight excluding hydrogens is 314 g/mol. The van der Waals surface area contributed by atoms with Gasteiger partial charge in [0.2, 0.25) is 0 Å². The normalized spacial score (nSPS) is 10.7. The van der Waals surface area contributed by atoms with Crippen LogP contribution in [-0.2, 0) is 19.6 Å². The first kappa shape index (κ1) is 15.9. The molecule has 1 aromatic rings. The molecule has 0 aromatic heterocycles. The zero-order chi connectivity index (χ0) is 15.5. The summed E-state index contributed by atoms with van der Waals surface area (Å²) in [6.45, 7) is 0. The Morgan fingerprint density at radius 2 is 1.90 bits per heavy atom. The van der Waals surface area contributed by atoms with Crippen LogP contribution in [-0.4, -0.2) is 32.2 Å². The van der Waals surface area contributed by atoms with Crippen LogP contribution in [0.2, 0.25) is 5.02 Å². The number of amides is 2. The summed E-state index contributed by atoms with van der Waals surface area (Å²) in [4.78, 5) is 31.3. The van der Waals surface area contributed by atoms with Gasteiger partial charge < -0.3 is 5.32 Å². The number of likely N-dealkylation sites (N-methyl/N-ethyl adjacent to an activating group) is 1. The van der Waals surface area contributed by atoms with Gasteiger partial charge in [0.15, 0.2) is 0 Å². The SMILES string of the molecule is CNC(=O)C(=O)NS(=O)(=O)c1ccc(Cl)c([N+](=O)[O-])c1. The van der Waals surface area contributed by atoms with Crippen molar-refractivity contribution < 1.29 is 22.9 Å². The van der Waals surface area contributed by atoms with Crippen molar-refractivity contribution >= 4 is 39.1 Å². The molecule has 0 fully saturated rings. The number of benzene rings is 1. The van der Waals surface area contributed by atoms with E-state index in [9.17, 15) is 28.1 Å². The van der Waals surface area contributed by atoms with Crippen LogP contribution in [0.3, 0.4) is 0 Å². The number of carbonyl (C=O) groups is 2. The fourth-order valence-electron chi connectivity index (χ4n) is 1.14. The van der Waals surface area contributed by atoms with E-state index < -0.39 is 37.3 Å². The Balaban J connectivity index is 3.17. The molecule has 1 rings (SSSR count). The lowest BCUT2D eigenvalue weighted by Crippen LogP contribution is -2.41. The molecule has 0 aliphatic rings. The minimum atomic E-state index is -4.41. The molecule has 0 unspecified atom stereocenters. The lowest BCUT2D eigenvalue weighted by Gasteiger charge is -2.06. The Labute approximate surface area is 118 Å². The Morgan fingerprint density at radius 1 is 1.30 bits per heavy atom. The maximum Gasteiger partial charge on any atom is 0.322 e. The van der Waals surface area contributed by atoms with Gasteiger partial charge in [0, 0.05) is 13.1 Å². The lowest BCUT2D eigenvalue weighted by molar-refractivity contribution is -0.384. The number of hydrogen-bond acceptors (Lipinski definition) is 6. The highest BCUT2D eigenvalue weighted by atomic mass is 35.5. The number of nitro benzene ring substituents is 1. The third-order valence-corrected chi connectivity index (χ3v) is 3.73. The Kier molecular flexibility index (Phi) is 4.63. The van der Waals surface area contributed by atoms with Crippen molar-refractivity contribution in [3.05, 3.63) is 33.3 Å². The van der Waals surface area contributed by atoms with Gasteiger partial charge in [-0.1, -0.05) is 11.6 Å². The second-order valence-electron chi connectivity index (χ2n) is 3.38. The van der Waals surface area contributed by atoms with E-state index in [0.29, 0.717) is 6.07 Å². The summed E-state index contributed by atoms with van der Waals surface area (Å²) in [7, 11) is -3.27. The molecule has 0 heterocycles. The van der Waals surface area contributed by atoms with Gasteiger partial charge in [0.1, 0.15) is 5.02 Å². The third-order valence-electron chi connectivity index (χ3n) is 2.08. The van der Waals surface area contributed by atoms with Crippen LogP contribution in [0, 0.1) is 10.1 Å². The summed E-state index contributed by atoms with van der Waals surface area (Å²) in [6, 6.07) is 2.65. The van der Waals surface area contributed by atoms with Crippen LogP contribution < -0.4 is 10.0 Å². The summed E-state index contributed by atoms with van der Waals surface area (Å²) in [5, 5.41) is 12.3. The molecular formula is C9H8ClN3O6S. The molecule has 0 atom stereocenters. The number of nitro groups is 1. The maximum atomic E-state index is 11.8. The topological polar surface area (TPSA) is 135 Å². The lowest BCUT2D eigenvalue weighted by atomic mass is 10.3. The second kappa shape index (κ2) is 5.84. The minimum Gasteiger partial charge on any atom is -0.351 e. The van der Waals surface area contributed by atoms with Crippen molar-refractivity contribution in [3.8, 4) is 0 Å². The monoisotopic (exact) mass is 321 g/mol. The van der Waals surface area contributed by atoms with Gasteiger partial charge in [-0.3, -0.25) is 19.7 Å². The summed E-state index contributed by atoms with van der Waals surface area (Å²) >= 11 is 5.53. The van der Waals surface area contributed by atoms with Crippen molar-refractivity contribution in [1.29, 1.82) is 0 Å². The van der Waals surface area contributed by atoms with Crippen LogP contribution in [0.5, 0.6) is 0 Å². The van der Waals surface area contributed by atoms with E-state index in [1.54, 1.807) is 0 Å². The fraction of sp³-hybridized carbons (Fsp3) is 0.111. The van der Waals surface area contributed by atoms with E-state index in [0.717, 1.165) is 19.2 Å². The zero-order valence-corrected chi connectivity index (χ0v) is 11.5. The van der Waals surface area contributed by atoms with Gasteiger partial charge in [-0.25, -0.2) is 13.1 Å². The number of sulfonamides is 1. The number of nitrogens with one attached hydrogen (secondary N) is 2. The predicted octanol–water partition coefficient (Wildman–Crippen LogP) is -0.201. The zero-order valence-electron chi connectivity index (χ0n) is 9.91. The number of nitrogens with zero attached hydrogens (tertiary/aromatic N) is 1. The van der Waals surface area contributed by atoms with Gasteiger partial charge in [-0.2, -0.15) is 0 Å². The molecule has 0 bridgehead atoms. The second-order valence-corrected chi connectivity index (χ2v) is 5.47. The number of halogens is 1. The van der Waals surface area contributed by atoms with Crippen molar-refractivity contribution in [2.24, 2.45) is 0 Å². The highest BCUT2D eigenvalue weighted by Crippen LogP contribution is 2.26. The van der Waals surface area contributed by atoms with Crippen LogP contribution in [0.25, 0.3) is 0 Å². The average molecular weight is 322 g/mol. The number of carbonyl (C=O) groups excluding carboxylic acids is 2. The molecule has 0 aliphatic carbocycles. The van der Waals surface area contributed by atoms with Gasteiger partial charge in [-0.15, -0.1) is 0 Å². The van der Waals surface area contributed by atoms with Gasteiger partial charge in [-0.05, 0) is 12.1 Å². The Morgan fingerprint density at radius 3 is 2.40 bits per heavy atom. The quantitative estimate of drug-likeness (QED) is 0.449. The van der Waals surface area contributed by atoms with Crippen LogP contribution in [0.15, 0.2) is 23.1 Å². The molecule has 108 valence electrons. The minimum absolute atomic E-state index is 0.258. The van der Waals surface area contributed by atoms with Gasteiger partial charge >= 0.3 is 11.8 Å². The Bertz CT molecular complexity index is 687. The molecule has 11 heteroatoms. The highest BCUT2D eigenvalue weighted by Gasteiger charge is 2.24. The molecule has 0 aliphatic heterocycles. The van der Waals surface area contributed by atoms with Crippen LogP contribution in [0.4, 0.5) is 5.69 Å². The molecule has 20 heavy (non-hydrogen) atoms. The fourth-order valence-corrected chi connectivity index (χ4v) is 2.30. The summed E-state index contributed by atoms with van der Waals surface area (Å²) in [6.07, 6.45) is 0. The van der Waals surface area contributed by atoms with Crippen molar-refractivity contribution in [2.45, 2.75) is 4.90 Å². The van der Waals surface area contributed by atoms with Crippen molar-refractivity contribution in [3.63, 3.8) is 0 Å². The molecule has 0 saturated carbocycles. The van der Waals surface area contributed by atoms with Gasteiger partial charge in [0.25, 0.3) is 15.7 Å². The van der Waals surface area contributed by atoms with E-state index in [2.05, 4.69) is 0 Å². The first-order valence-corrected chi connectivity index (χ1v) is 6.78. The molecule has 2 amide bonds. The summed E-state index contributed by atoms with van der Waals surface area (Å²) < 4.78 is 25.0. The largest absolute Gasteiger partial charge is 0.351 e. The number of rotatable bonds is 3. The van der Waals surface area contributed by atoms with E-state index in [-0.39, 0.29) is 5.02 Å². The molecule has 0 saturated heterocycles. The smallest absolute Gasteiger partial charge is 0.322 e. The molecule has 0 radical (unpaired) electrons. The summed E-state index contributed by atoms with van der Waals surface area (Å²) in [5.74, 6) is -2.58. The maximum absolute atomic E-state index is 11.8. The number of hydrogen-bond donors (Lipinski definition) is 2. The van der Waals surface area contributed by atoms with E-state index >= 15 is 0 Å². The molecule has 0 spiro atoms. The van der Waals surface area contributed by atoms with E-state index in [1.165, 1.54) is 4.72 Å². The molecule has 1 aromatic carbocycles. The van der Waals surface area contributed by atoms with E-state index in [1.807, 2.05) is 5.32 Å². The highest BCUT2D eigenvalue weighted by molar-refractivity contribution is 7.90. The van der Waals surface area contributed by atoms with E-state index in [4.69, 9.17) is 11.6 Å². The van der Waals surface area contributed by atoms with Crippen LogP contribution in [0.1, 0.15) is 0 Å². The molecule has 2 N–H and O–H groups in total. The first-order valence-electron chi connectivity index (χ1n) is 4.92. The third kappa shape index (κ3) is 3.42. The summed E-state index contributed by atoms with van der Waals surface area (Å²) in [5.41, 5.74) is -0.637. The average Bonchev–Trinajstić information content (AvgIpc) is 2.36. The standard InChI is InChI=1S/C9H8ClN3O6S/c1-11-8(14)9(15)12-20(18,19)5-2-3-6(10)7(4-5)13(16)17/h2-4H,1H3,(H,11,14)(H,12,15). The van der Waals surface area contributed by atoms with Gasteiger partial charge in [0.05, 0.1) is 9.82 Å². The first-order chi connectivity index (χ1) is 9.19. The van der Waals surface area contributed by atoms with Crippen molar-refractivity contribution in [2.75, 3.05) is 7.05 Å². The van der Waals surface area contributed by atoms with Crippen LogP contribution >= 0.6 is 11.6 Å². The van der Waals surface area contributed by atoms with Crippen molar-refractivity contribution in [1.82, 2.24) is 10.0 Å². The Hall–Kier alpha value is -2.20. The molecule has 9 nitrogen and oxygen atoms in total. The predicted molar refractivity (Wildman–Crippen MR) is 67.5 cm³/mol.